The van der Waals surface area contributed by atoms with Crippen LogP contribution < -0.4 is 5.32 Å². The first kappa shape index (κ1) is 19.6. The third-order valence-electron chi connectivity index (χ3n) is 5.09. The maximum atomic E-state index is 13.1. The summed E-state index contributed by atoms with van der Waals surface area (Å²) in [5.41, 5.74) is 2.62. The number of nitrogens with zero attached hydrogens (tertiary/aromatic N) is 2. The monoisotopic (exact) mass is 425 g/mol. The first-order valence-corrected chi connectivity index (χ1v) is 10.5. The smallest absolute Gasteiger partial charge is 0.319 e. The molecule has 0 radical (unpaired) electrons. The van der Waals surface area contributed by atoms with Crippen molar-refractivity contribution in [3.05, 3.63) is 86.3 Å². The van der Waals surface area contributed by atoms with Crippen molar-refractivity contribution in [2.45, 2.75) is 32.4 Å². The van der Waals surface area contributed by atoms with E-state index in [0.29, 0.717) is 17.1 Å². The molecule has 0 aliphatic carbocycles. The average Bonchev–Trinajstić information content (AvgIpc) is 3.22. The molecule has 1 aliphatic rings. The lowest BCUT2D eigenvalue weighted by Crippen LogP contribution is -2.40. The van der Waals surface area contributed by atoms with Crippen LogP contribution in [0.25, 0.3) is 0 Å². The Morgan fingerprint density at radius 3 is 2.48 bits per heavy atom. The van der Waals surface area contributed by atoms with Crippen molar-refractivity contribution in [1.82, 2.24) is 15.2 Å². The third kappa shape index (κ3) is 3.91. The number of thiazole rings is 1. The minimum absolute atomic E-state index is 0.156. The number of aryl methyl sites for hydroxylation is 1. The number of aromatic nitrogens is 1. The zero-order valence-corrected chi connectivity index (χ0v) is 17.7. The van der Waals surface area contributed by atoms with E-state index in [1.807, 2.05) is 60.8 Å². The van der Waals surface area contributed by atoms with Gasteiger partial charge in [0.25, 0.3) is 5.91 Å². The molecule has 4 rings (SSSR count). The van der Waals surface area contributed by atoms with Crippen LogP contribution in [0.5, 0.6) is 0 Å². The predicted octanol–water partition coefficient (Wildman–Crippen LogP) is 4.66. The fourth-order valence-corrected chi connectivity index (χ4v) is 4.31. The van der Waals surface area contributed by atoms with Gasteiger partial charge in [0, 0.05) is 16.8 Å². The minimum Gasteiger partial charge on any atom is -0.319 e. The van der Waals surface area contributed by atoms with Crippen molar-refractivity contribution in [2.24, 2.45) is 0 Å². The highest BCUT2D eigenvalue weighted by Gasteiger charge is 2.49. The second-order valence-corrected chi connectivity index (χ2v) is 8.73. The van der Waals surface area contributed by atoms with Gasteiger partial charge >= 0.3 is 6.03 Å². The molecule has 148 valence electrons. The highest BCUT2D eigenvalue weighted by atomic mass is 35.5. The molecule has 0 spiro atoms. The van der Waals surface area contributed by atoms with Crippen LogP contribution >= 0.6 is 22.9 Å². The van der Waals surface area contributed by atoms with E-state index in [-0.39, 0.29) is 12.5 Å². The summed E-state index contributed by atoms with van der Waals surface area (Å²) in [6.45, 7) is 3.88. The van der Waals surface area contributed by atoms with E-state index >= 15 is 0 Å². The van der Waals surface area contributed by atoms with E-state index in [2.05, 4.69) is 10.3 Å². The lowest BCUT2D eigenvalue weighted by atomic mass is 9.91. The number of carbonyl (C=O) groups excluding carboxylic acids is 2. The van der Waals surface area contributed by atoms with Gasteiger partial charge in [0.2, 0.25) is 0 Å². The molecule has 1 aliphatic heterocycles. The van der Waals surface area contributed by atoms with Gasteiger partial charge in [0.05, 0.1) is 17.2 Å². The van der Waals surface area contributed by atoms with Gasteiger partial charge in [0.1, 0.15) is 5.54 Å². The van der Waals surface area contributed by atoms with Crippen LogP contribution in [0.4, 0.5) is 4.79 Å². The Morgan fingerprint density at radius 2 is 1.79 bits per heavy atom. The van der Waals surface area contributed by atoms with Crippen LogP contribution in [0.3, 0.4) is 0 Å². The Labute approximate surface area is 178 Å². The minimum atomic E-state index is -1.06. The molecule has 1 saturated heterocycles. The molecular weight excluding hydrogens is 406 g/mol. The number of imide groups is 1. The van der Waals surface area contributed by atoms with Crippen LogP contribution in [-0.4, -0.2) is 21.8 Å². The fraction of sp³-hybridized carbons (Fsp3) is 0.227. The Kier molecular flexibility index (Phi) is 5.15. The van der Waals surface area contributed by atoms with Crippen molar-refractivity contribution in [3.63, 3.8) is 0 Å². The Balaban J connectivity index is 1.49. The van der Waals surface area contributed by atoms with E-state index in [9.17, 15) is 9.59 Å². The van der Waals surface area contributed by atoms with Gasteiger partial charge in [0.15, 0.2) is 0 Å². The molecule has 29 heavy (non-hydrogen) atoms. The molecule has 3 amide bonds. The van der Waals surface area contributed by atoms with E-state index in [4.69, 9.17) is 11.6 Å². The number of urea groups is 1. The first-order chi connectivity index (χ1) is 13.8. The number of rotatable bonds is 5. The number of amides is 3. The molecule has 5 nitrogen and oxygen atoms in total. The molecule has 2 aromatic carbocycles. The number of carbonyl (C=O) groups is 2. The van der Waals surface area contributed by atoms with Crippen molar-refractivity contribution in [3.8, 4) is 0 Å². The molecular formula is C22H20ClN3O2S. The highest BCUT2D eigenvalue weighted by Crippen LogP contribution is 2.30. The fourth-order valence-electron chi connectivity index (χ4n) is 3.36. The van der Waals surface area contributed by atoms with Crippen molar-refractivity contribution in [2.75, 3.05) is 0 Å². The first-order valence-electron chi connectivity index (χ1n) is 9.24. The molecule has 0 saturated carbocycles. The molecule has 1 unspecified atom stereocenters. The quantitative estimate of drug-likeness (QED) is 0.604. The zero-order chi connectivity index (χ0) is 20.6. The van der Waals surface area contributed by atoms with E-state index in [0.717, 1.165) is 21.7 Å². The average molecular weight is 426 g/mol. The number of hydrogen-bond donors (Lipinski definition) is 1. The summed E-state index contributed by atoms with van der Waals surface area (Å²) in [4.78, 5) is 31.4. The summed E-state index contributed by atoms with van der Waals surface area (Å²) in [7, 11) is 0. The van der Waals surface area contributed by atoms with Gasteiger partial charge in [-0.3, -0.25) is 9.69 Å². The van der Waals surface area contributed by atoms with Crippen LogP contribution in [0, 0.1) is 6.92 Å². The standard InChI is InChI=1S/C22H20ClN3O2S/c1-14-3-7-16(8-4-14)22(2)20(27)26(21(28)25-22)12-18-13-29-19(24-18)11-15-5-9-17(23)10-6-15/h3-10,13H,11-12H2,1-2H3,(H,25,28). The molecule has 1 atom stereocenters. The number of halogens is 1. The van der Waals surface area contributed by atoms with Crippen molar-refractivity contribution in [1.29, 1.82) is 0 Å². The largest absolute Gasteiger partial charge is 0.325 e. The Hall–Kier alpha value is -2.70. The van der Waals surface area contributed by atoms with E-state index in [1.165, 1.54) is 16.2 Å². The van der Waals surface area contributed by atoms with Crippen LogP contribution in [0.15, 0.2) is 53.9 Å². The summed E-state index contributed by atoms with van der Waals surface area (Å²) < 4.78 is 0. The summed E-state index contributed by atoms with van der Waals surface area (Å²) in [6, 6.07) is 14.9. The van der Waals surface area contributed by atoms with Gasteiger partial charge in [-0.25, -0.2) is 9.78 Å². The lowest BCUT2D eigenvalue weighted by Gasteiger charge is -2.22. The number of nitrogens with one attached hydrogen (secondary N) is 1. The van der Waals surface area contributed by atoms with Crippen LogP contribution in [0.2, 0.25) is 5.02 Å². The second-order valence-electron chi connectivity index (χ2n) is 7.35. The molecule has 1 fully saturated rings. The van der Waals surface area contributed by atoms with Gasteiger partial charge < -0.3 is 5.32 Å². The summed E-state index contributed by atoms with van der Waals surface area (Å²) in [5, 5.41) is 6.36. The SMILES string of the molecule is Cc1ccc(C2(C)NC(=O)N(Cc3csc(Cc4ccc(Cl)cc4)n3)C2=O)cc1. The normalized spacial score (nSPS) is 18.9. The van der Waals surface area contributed by atoms with E-state index in [1.54, 1.807) is 6.92 Å². The van der Waals surface area contributed by atoms with Crippen molar-refractivity contribution < 1.29 is 9.59 Å². The molecule has 1 aromatic heterocycles. The Morgan fingerprint density at radius 1 is 1.10 bits per heavy atom. The summed E-state index contributed by atoms with van der Waals surface area (Å²) in [6.07, 6.45) is 0.684. The lowest BCUT2D eigenvalue weighted by molar-refractivity contribution is -0.131. The third-order valence-corrected chi connectivity index (χ3v) is 6.24. The predicted molar refractivity (Wildman–Crippen MR) is 114 cm³/mol. The summed E-state index contributed by atoms with van der Waals surface area (Å²) >= 11 is 7.45. The van der Waals surface area contributed by atoms with Gasteiger partial charge in [-0.1, -0.05) is 53.6 Å². The van der Waals surface area contributed by atoms with Gasteiger partial charge in [-0.05, 0) is 37.1 Å². The maximum Gasteiger partial charge on any atom is 0.325 e. The highest BCUT2D eigenvalue weighted by molar-refractivity contribution is 7.09. The Bertz CT molecular complexity index is 1060. The molecule has 7 heteroatoms. The van der Waals surface area contributed by atoms with Crippen LogP contribution in [0.1, 0.15) is 34.3 Å². The molecule has 1 N–H and O–H groups in total. The topological polar surface area (TPSA) is 62.3 Å². The van der Waals surface area contributed by atoms with Gasteiger partial charge in [-0.2, -0.15) is 0 Å². The molecule has 3 aromatic rings. The van der Waals surface area contributed by atoms with Gasteiger partial charge in [-0.15, -0.1) is 11.3 Å². The molecule has 2 heterocycles. The summed E-state index contributed by atoms with van der Waals surface area (Å²) in [5.74, 6) is -0.265. The zero-order valence-electron chi connectivity index (χ0n) is 16.1. The second kappa shape index (κ2) is 7.61. The molecule has 0 bridgehead atoms. The number of benzene rings is 2. The maximum absolute atomic E-state index is 13.1. The van der Waals surface area contributed by atoms with Crippen molar-refractivity contribution >= 4 is 34.9 Å². The van der Waals surface area contributed by atoms with Crippen LogP contribution in [-0.2, 0) is 23.3 Å². The number of hydrogen-bond acceptors (Lipinski definition) is 4. The van der Waals surface area contributed by atoms with E-state index < -0.39 is 11.6 Å².